The average molecular weight is 352 g/mol. The molecule has 2 rings (SSSR count). The van der Waals surface area contributed by atoms with Crippen LogP contribution in [0.5, 0.6) is 0 Å². The molecule has 1 aromatic carbocycles. The Morgan fingerprint density at radius 3 is 2.67 bits per heavy atom. The molecule has 1 aliphatic rings. The van der Waals surface area contributed by atoms with E-state index in [2.05, 4.69) is 26.6 Å². The minimum absolute atomic E-state index is 0.0568. The van der Waals surface area contributed by atoms with Gasteiger partial charge >= 0.3 is 12.0 Å². The van der Waals surface area contributed by atoms with Gasteiger partial charge in [0, 0.05) is 4.47 Å². The van der Waals surface area contributed by atoms with Gasteiger partial charge in [0.05, 0.1) is 11.3 Å². The predicted octanol–water partition coefficient (Wildman–Crippen LogP) is 2.70. The number of hydrogen-bond donors (Lipinski definition) is 3. The molecule has 0 aromatic heterocycles. The number of benzene rings is 1. The van der Waals surface area contributed by atoms with Crippen LogP contribution in [0, 0.1) is 17.2 Å². The average Bonchev–Trinajstić information content (AvgIpc) is 3.23. The second kappa shape index (κ2) is 5.74. The first-order chi connectivity index (χ1) is 9.86. The zero-order valence-corrected chi connectivity index (χ0v) is 12.9. The number of anilines is 1. The van der Waals surface area contributed by atoms with Gasteiger partial charge in [-0.25, -0.2) is 9.59 Å². The van der Waals surface area contributed by atoms with Crippen LogP contribution in [0.3, 0.4) is 0 Å². The molecule has 1 aromatic rings. The number of urea groups is 1. The number of carbonyl (C=O) groups excluding carboxylic acids is 1. The van der Waals surface area contributed by atoms with E-state index in [0.29, 0.717) is 15.7 Å². The topological polar surface area (TPSA) is 102 Å². The lowest BCUT2D eigenvalue weighted by atomic mass is 9.96. The summed E-state index contributed by atoms with van der Waals surface area (Å²) in [6.07, 6.45) is 1.56. The fourth-order valence-corrected chi connectivity index (χ4v) is 2.46. The molecular weight excluding hydrogens is 338 g/mol. The maximum atomic E-state index is 12.0. The number of halogens is 1. The Bertz CT molecular complexity index is 637. The number of carbonyl (C=O) groups is 2. The first-order valence-electron chi connectivity index (χ1n) is 6.39. The Labute approximate surface area is 130 Å². The number of rotatable bonds is 4. The quantitative estimate of drug-likeness (QED) is 0.775. The van der Waals surface area contributed by atoms with E-state index in [9.17, 15) is 14.7 Å². The van der Waals surface area contributed by atoms with Crippen molar-refractivity contribution in [2.24, 2.45) is 5.92 Å². The van der Waals surface area contributed by atoms with Gasteiger partial charge in [-0.05, 0) is 43.9 Å². The van der Waals surface area contributed by atoms with E-state index in [4.69, 9.17) is 5.26 Å². The molecule has 0 bridgehead atoms. The van der Waals surface area contributed by atoms with Crippen LogP contribution in [-0.2, 0) is 4.79 Å². The van der Waals surface area contributed by atoms with E-state index in [1.165, 1.54) is 6.92 Å². The molecule has 0 spiro atoms. The van der Waals surface area contributed by atoms with Crippen LogP contribution in [0.1, 0.15) is 25.3 Å². The number of carboxylic acids is 1. The summed E-state index contributed by atoms with van der Waals surface area (Å²) in [5.41, 5.74) is -0.659. The maximum Gasteiger partial charge on any atom is 0.329 e. The van der Waals surface area contributed by atoms with Crippen molar-refractivity contribution in [2.45, 2.75) is 25.3 Å². The summed E-state index contributed by atoms with van der Waals surface area (Å²) in [7, 11) is 0. The van der Waals surface area contributed by atoms with Gasteiger partial charge in [-0.3, -0.25) is 0 Å². The third kappa shape index (κ3) is 3.34. The largest absolute Gasteiger partial charge is 0.480 e. The highest BCUT2D eigenvalue weighted by Crippen LogP contribution is 2.39. The minimum Gasteiger partial charge on any atom is -0.480 e. The highest BCUT2D eigenvalue weighted by atomic mass is 79.9. The molecule has 0 radical (unpaired) electrons. The van der Waals surface area contributed by atoms with E-state index >= 15 is 0 Å². The van der Waals surface area contributed by atoms with Crippen LogP contribution in [0.25, 0.3) is 0 Å². The fourth-order valence-electron chi connectivity index (χ4n) is 2.10. The number of aliphatic carboxylic acids is 1. The Balaban J connectivity index is 2.13. The van der Waals surface area contributed by atoms with Crippen molar-refractivity contribution < 1.29 is 14.7 Å². The van der Waals surface area contributed by atoms with Crippen LogP contribution in [0.4, 0.5) is 10.5 Å². The summed E-state index contributed by atoms with van der Waals surface area (Å²) in [6.45, 7) is 1.50. The molecule has 1 aliphatic carbocycles. The predicted molar refractivity (Wildman–Crippen MR) is 79.8 cm³/mol. The fraction of sp³-hybridized carbons (Fsp3) is 0.357. The summed E-state index contributed by atoms with van der Waals surface area (Å²) in [5, 5.41) is 23.3. The second-order valence-corrected chi connectivity index (χ2v) is 6.08. The molecule has 110 valence electrons. The van der Waals surface area contributed by atoms with Crippen molar-refractivity contribution in [3.63, 3.8) is 0 Å². The number of nitrogens with one attached hydrogen (secondary N) is 2. The standard InChI is InChI=1S/C14H14BrN3O3/c1-14(12(19)20,9-3-4-9)18-13(21)17-11-6-10(15)5-2-8(11)7-16/h2,5-6,9H,3-4H2,1H3,(H,19,20)(H2,17,18,21). The number of carboxylic acid groups (broad SMARTS) is 1. The van der Waals surface area contributed by atoms with E-state index < -0.39 is 17.5 Å². The van der Waals surface area contributed by atoms with Gasteiger partial charge in [0.25, 0.3) is 0 Å². The normalized spacial score (nSPS) is 16.4. The van der Waals surface area contributed by atoms with Gasteiger partial charge in [-0.15, -0.1) is 0 Å². The summed E-state index contributed by atoms with van der Waals surface area (Å²) < 4.78 is 0.708. The molecule has 6 nitrogen and oxygen atoms in total. The zero-order chi connectivity index (χ0) is 15.6. The van der Waals surface area contributed by atoms with Crippen molar-refractivity contribution in [1.29, 1.82) is 5.26 Å². The number of nitrogens with zero attached hydrogens (tertiary/aromatic N) is 1. The van der Waals surface area contributed by atoms with Crippen molar-refractivity contribution in [3.05, 3.63) is 28.2 Å². The SMILES string of the molecule is CC(NC(=O)Nc1cc(Br)ccc1C#N)(C(=O)O)C1CC1. The molecule has 1 atom stereocenters. The lowest BCUT2D eigenvalue weighted by molar-refractivity contribution is -0.144. The van der Waals surface area contributed by atoms with Crippen LogP contribution < -0.4 is 10.6 Å². The first-order valence-corrected chi connectivity index (χ1v) is 7.18. The Morgan fingerprint density at radius 2 is 2.14 bits per heavy atom. The van der Waals surface area contributed by atoms with Gasteiger partial charge in [-0.2, -0.15) is 5.26 Å². The van der Waals surface area contributed by atoms with Gasteiger partial charge < -0.3 is 15.7 Å². The van der Waals surface area contributed by atoms with Crippen LogP contribution in [0.15, 0.2) is 22.7 Å². The highest BCUT2D eigenvalue weighted by Gasteiger charge is 2.48. The molecular formula is C14H14BrN3O3. The summed E-state index contributed by atoms with van der Waals surface area (Å²) in [4.78, 5) is 23.4. The molecule has 0 heterocycles. The number of nitriles is 1. The van der Waals surface area contributed by atoms with Crippen molar-refractivity contribution in [3.8, 4) is 6.07 Å². The van der Waals surface area contributed by atoms with Gasteiger partial charge in [0.1, 0.15) is 11.6 Å². The number of hydrogen-bond acceptors (Lipinski definition) is 3. The second-order valence-electron chi connectivity index (χ2n) is 5.16. The molecule has 0 aliphatic heterocycles. The highest BCUT2D eigenvalue weighted by molar-refractivity contribution is 9.10. The molecule has 3 N–H and O–H groups in total. The van der Waals surface area contributed by atoms with E-state index in [-0.39, 0.29) is 5.92 Å². The van der Waals surface area contributed by atoms with Gasteiger partial charge in [-0.1, -0.05) is 15.9 Å². The van der Waals surface area contributed by atoms with Crippen molar-refractivity contribution >= 4 is 33.6 Å². The zero-order valence-electron chi connectivity index (χ0n) is 11.3. The lowest BCUT2D eigenvalue weighted by Gasteiger charge is -2.26. The van der Waals surface area contributed by atoms with Crippen LogP contribution >= 0.6 is 15.9 Å². The van der Waals surface area contributed by atoms with Crippen LogP contribution in [0.2, 0.25) is 0 Å². The molecule has 1 saturated carbocycles. The van der Waals surface area contributed by atoms with E-state index in [1.807, 2.05) is 6.07 Å². The first kappa shape index (κ1) is 15.3. The molecule has 0 saturated heterocycles. The maximum absolute atomic E-state index is 12.0. The minimum atomic E-state index is -1.29. The molecule has 2 amide bonds. The van der Waals surface area contributed by atoms with E-state index in [1.54, 1.807) is 18.2 Å². The Morgan fingerprint density at radius 1 is 1.48 bits per heavy atom. The molecule has 1 unspecified atom stereocenters. The van der Waals surface area contributed by atoms with Crippen LogP contribution in [-0.4, -0.2) is 22.6 Å². The van der Waals surface area contributed by atoms with Crippen molar-refractivity contribution in [2.75, 3.05) is 5.32 Å². The number of amides is 2. The Kier molecular flexibility index (Phi) is 4.19. The van der Waals surface area contributed by atoms with Gasteiger partial charge in [0.15, 0.2) is 0 Å². The van der Waals surface area contributed by atoms with Crippen molar-refractivity contribution in [1.82, 2.24) is 5.32 Å². The summed E-state index contributed by atoms with van der Waals surface area (Å²) >= 11 is 3.26. The summed E-state index contributed by atoms with van der Waals surface area (Å²) in [5.74, 6) is -1.12. The smallest absolute Gasteiger partial charge is 0.329 e. The monoisotopic (exact) mass is 351 g/mol. The Hall–Kier alpha value is -2.07. The third-order valence-corrected chi connectivity index (χ3v) is 4.05. The van der Waals surface area contributed by atoms with E-state index in [0.717, 1.165) is 12.8 Å². The summed E-state index contributed by atoms with van der Waals surface area (Å²) in [6, 6.07) is 6.18. The molecule has 21 heavy (non-hydrogen) atoms. The molecule has 1 fully saturated rings. The molecule has 7 heteroatoms. The van der Waals surface area contributed by atoms with Gasteiger partial charge in [0.2, 0.25) is 0 Å². The lowest BCUT2D eigenvalue weighted by Crippen LogP contribution is -2.55. The third-order valence-electron chi connectivity index (χ3n) is 3.56.